The largest absolute Gasteiger partial charge is 0.373 e. The highest BCUT2D eigenvalue weighted by atomic mass is 19.3. The van der Waals surface area contributed by atoms with Crippen molar-refractivity contribution >= 4 is 0 Å². The summed E-state index contributed by atoms with van der Waals surface area (Å²) in [7, 11) is 0. The van der Waals surface area contributed by atoms with E-state index in [2.05, 4.69) is 18.7 Å². The molecule has 0 spiro atoms. The Morgan fingerprint density at radius 1 is 1.24 bits per heavy atom. The maximum Gasteiger partial charge on any atom is 0.250 e. The number of rotatable bonds is 3. The van der Waals surface area contributed by atoms with Gasteiger partial charge >= 0.3 is 0 Å². The van der Waals surface area contributed by atoms with Gasteiger partial charge in [-0.3, -0.25) is 4.90 Å². The molecule has 0 amide bonds. The third kappa shape index (κ3) is 3.62. The minimum atomic E-state index is -2.50. The average molecular weight is 247 g/mol. The molecule has 1 saturated carbocycles. The zero-order valence-corrected chi connectivity index (χ0v) is 10.8. The van der Waals surface area contributed by atoms with E-state index >= 15 is 0 Å². The van der Waals surface area contributed by atoms with Crippen molar-refractivity contribution in [2.75, 3.05) is 13.1 Å². The number of likely N-dealkylation sites (tertiary alicyclic amines) is 1. The van der Waals surface area contributed by atoms with Crippen molar-refractivity contribution in [2.24, 2.45) is 0 Å². The van der Waals surface area contributed by atoms with Gasteiger partial charge in [-0.15, -0.1) is 0 Å². The van der Waals surface area contributed by atoms with Gasteiger partial charge in [0.25, 0.3) is 5.92 Å². The smallest absolute Gasteiger partial charge is 0.250 e. The van der Waals surface area contributed by atoms with E-state index < -0.39 is 5.92 Å². The van der Waals surface area contributed by atoms with Gasteiger partial charge in [-0.2, -0.15) is 0 Å². The number of hydrogen-bond acceptors (Lipinski definition) is 2. The molecule has 0 unspecified atom stereocenters. The third-order valence-electron chi connectivity index (χ3n) is 3.89. The van der Waals surface area contributed by atoms with Crippen molar-refractivity contribution in [3.05, 3.63) is 0 Å². The minimum Gasteiger partial charge on any atom is -0.373 e. The Labute approximate surface area is 102 Å². The van der Waals surface area contributed by atoms with Crippen LogP contribution in [0.3, 0.4) is 0 Å². The first-order chi connectivity index (χ1) is 7.96. The monoisotopic (exact) mass is 247 g/mol. The second kappa shape index (κ2) is 5.19. The van der Waals surface area contributed by atoms with Crippen LogP contribution in [0.2, 0.25) is 0 Å². The van der Waals surface area contributed by atoms with Crippen LogP contribution >= 0.6 is 0 Å². The van der Waals surface area contributed by atoms with Gasteiger partial charge in [0.1, 0.15) is 0 Å². The van der Waals surface area contributed by atoms with Crippen LogP contribution in [0.5, 0.6) is 0 Å². The molecular weight excluding hydrogens is 224 g/mol. The molecule has 0 aromatic carbocycles. The van der Waals surface area contributed by atoms with Gasteiger partial charge in [0.05, 0.1) is 12.2 Å². The third-order valence-corrected chi connectivity index (χ3v) is 3.89. The van der Waals surface area contributed by atoms with Crippen molar-refractivity contribution in [1.82, 2.24) is 4.90 Å². The summed E-state index contributed by atoms with van der Waals surface area (Å²) in [6, 6.07) is 0.524. The Kier molecular flexibility index (Phi) is 4.03. The Morgan fingerprint density at radius 2 is 2.00 bits per heavy atom. The Morgan fingerprint density at radius 3 is 2.59 bits per heavy atom. The fraction of sp³-hybridized carbons (Fsp3) is 1.00. The van der Waals surface area contributed by atoms with Gasteiger partial charge in [0, 0.05) is 32.0 Å². The lowest BCUT2D eigenvalue weighted by Crippen LogP contribution is -2.35. The Balaban J connectivity index is 1.78. The van der Waals surface area contributed by atoms with Gasteiger partial charge in [0.2, 0.25) is 0 Å². The number of halogens is 2. The quantitative estimate of drug-likeness (QED) is 0.760. The molecule has 0 aromatic rings. The summed E-state index contributed by atoms with van der Waals surface area (Å²) < 4.78 is 32.3. The van der Waals surface area contributed by atoms with Gasteiger partial charge in [-0.1, -0.05) is 0 Å². The molecule has 2 atom stereocenters. The van der Waals surface area contributed by atoms with Crippen LogP contribution in [0.1, 0.15) is 46.0 Å². The zero-order chi connectivity index (χ0) is 12.5. The van der Waals surface area contributed by atoms with Crippen molar-refractivity contribution < 1.29 is 13.5 Å². The van der Waals surface area contributed by atoms with Crippen LogP contribution in [-0.4, -0.2) is 42.2 Å². The molecule has 0 N–H and O–H groups in total. The number of nitrogens with zero attached hydrogens (tertiary/aromatic N) is 1. The maximum atomic E-state index is 13.2. The number of alkyl halides is 2. The van der Waals surface area contributed by atoms with E-state index in [9.17, 15) is 8.78 Å². The fourth-order valence-corrected chi connectivity index (χ4v) is 2.85. The van der Waals surface area contributed by atoms with E-state index in [4.69, 9.17) is 4.74 Å². The van der Waals surface area contributed by atoms with Crippen LogP contribution < -0.4 is 0 Å². The molecule has 1 aliphatic carbocycles. The van der Waals surface area contributed by atoms with Crippen LogP contribution in [0.4, 0.5) is 8.78 Å². The number of ether oxygens (including phenoxy) is 1. The summed E-state index contributed by atoms with van der Waals surface area (Å²) in [6.45, 7) is 6.26. The van der Waals surface area contributed by atoms with E-state index in [1.54, 1.807) is 0 Å². The standard InChI is InChI=1S/C13H23F2NO/c1-10(2)16-7-5-12(9-16)17-11-4-3-6-13(14,15)8-11/h10-12H,3-9H2,1-2H3/t11-,12+/m0/s1. The second-order valence-electron chi connectivity index (χ2n) is 5.71. The molecule has 0 aromatic heterocycles. The first-order valence-electron chi connectivity index (χ1n) is 6.73. The minimum absolute atomic E-state index is 0.0373. The normalized spacial score (nSPS) is 34.4. The van der Waals surface area contributed by atoms with Crippen LogP contribution in [-0.2, 0) is 4.74 Å². The predicted octanol–water partition coefficient (Wildman–Crippen LogP) is 3.06. The summed E-state index contributed by atoms with van der Waals surface area (Å²) in [5.74, 6) is -2.50. The Bertz CT molecular complexity index is 258. The molecule has 2 rings (SSSR count). The molecule has 1 saturated heterocycles. The average Bonchev–Trinajstić information content (AvgIpc) is 2.64. The van der Waals surface area contributed by atoms with Crippen molar-refractivity contribution in [1.29, 1.82) is 0 Å². The number of hydrogen-bond donors (Lipinski definition) is 0. The highest BCUT2D eigenvalue weighted by molar-refractivity contribution is 4.83. The summed E-state index contributed by atoms with van der Waals surface area (Å²) in [5.41, 5.74) is 0. The topological polar surface area (TPSA) is 12.5 Å². The molecule has 1 heterocycles. The van der Waals surface area contributed by atoms with Gasteiger partial charge in [-0.05, 0) is 33.1 Å². The SMILES string of the molecule is CC(C)N1CC[C@@H](O[C@H]2CCCC(F)(F)C2)C1. The lowest BCUT2D eigenvalue weighted by atomic mass is 9.94. The first-order valence-corrected chi connectivity index (χ1v) is 6.73. The summed E-state index contributed by atoms with van der Waals surface area (Å²) >= 11 is 0. The van der Waals surface area contributed by atoms with E-state index in [1.165, 1.54) is 0 Å². The van der Waals surface area contributed by atoms with Crippen LogP contribution in [0.15, 0.2) is 0 Å². The predicted molar refractivity (Wildman–Crippen MR) is 63.4 cm³/mol. The summed E-state index contributed by atoms with van der Waals surface area (Å²) in [5, 5.41) is 0. The summed E-state index contributed by atoms with van der Waals surface area (Å²) in [6.07, 6.45) is 2.28. The van der Waals surface area contributed by atoms with Crippen molar-refractivity contribution in [3.8, 4) is 0 Å². The maximum absolute atomic E-state index is 13.2. The molecule has 0 bridgehead atoms. The van der Waals surface area contributed by atoms with Crippen molar-refractivity contribution in [3.63, 3.8) is 0 Å². The second-order valence-corrected chi connectivity index (χ2v) is 5.71. The zero-order valence-electron chi connectivity index (χ0n) is 10.8. The molecule has 17 heavy (non-hydrogen) atoms. The molecule has 100 valence electrons. The lowest BCUT2D eigenvalue weighted by molar-refractivity contribution is -0.113. The molecule has 1 aliphatic heterocycles. The molecule has 2 nitrogen and oxygen atoms in total. The van der Waals surface area contributed by atoms with E-state index in [1.807, 2.05) is 0 Å². The molecule has 2 fully saturated rings. The first kappa shape index (κ1) is 13.2. The fourth-order valence-electron chi connectivity index (χ4n) is 2.85. The van der Waals surface area contributed by atoms with E-state index in [-0.39, 0.29) is 25.0 Å². The van der Waals surface area contributed by atoms with E-state index in [0.29, 0.717) is 12.5 Å². The lowest BCUT2D eigenvalue weighted by Gasteiger charge is -2.31. The highest BCUT2D eigenvalue weighted by Crippen LogP contribution is 2.35. The molecule has 0 radical (unpaired) electrons. The molecule has 4 heteroatoms. The van der Waals surface area contributed by atoms with E-state index in [0.717, 1.165) is 25.9 Å². The molecule has 2 aliphatic rings. The van der Waals surface area contributed by atoms with Crippen LogP contribution in [0, 0.1) is 0 Å². The van der Waals surface area contributed by atoms with Gasteiger partial charge in [-0.25, -0.2) is 8.78 Å². The van der Waals surface area contributed by atoms with Gasteiger partial charge < -0.3 is 4.74 Å². The van der Waals surface area contributed by atoms with Gasteiger partial charge in [0.15, 0.2) is 0 Å². The Hall–Kier alpha value is -0.220. The van der Waals surface area contributed by atoms with Crippen LogP contribution in [0.25, 0.3) is 0 Å². The molecular formula is C13H23F2NO. The van der Waals surface area contributed by atoms with Crippen molar-refractivity contribution in [2.45, 2.75) is 70.1 Å². The highest BCUT2D eigenvalue weighted by Gasteiger charge is 2.38. The summed E-state index contributed by atoms with van der Waals surface area (Å²) in [4.78, 5) is 2.35.